The van der Waals surface area contributed by atoms with Crippen molar-refractivity contribution in [3.8, 4) is 5.75 Å². The Labute approximate surface area is 191 Å². The number of quaternary nitrogens is 1. The molecule has 0 aliphatic carbocycles. The number of para-hydroxylation sites is 1. The van der Waals surface area contributed by atoms with Crippen molar-refractivity contribution in [1.29, 1.82) is 0 Å². The summed E-state index contributed by atoms with van der Waals surface area (Å²) in [6.45, 7) is 0. The molecule has 0 aliphatic rings. The van der Waals surface area contributed by atoms with Crippen LogP contribution in [0.2, 0.25) is 0 Å². The Morgan fingerprint density at radius 1 is 0.818 bits per heavy atom. The molecule has 4 aromatic carbocycles. The quantitative estimate of drug-likeness (QED) is 0.190. The summed E-state index contributed by atoms with van der Waals surface area (Å²) in [6.07, 6.45) is 0.166. The molecule has 0 aromatic heterocycles. The van der Waals surface area contributed by atoms with Crippen molar-refractivity contribution in [2.24, 2.45) is 0 Å². The lowest BCUT2D eigenvalue weighted by Crippen LogP contribution is -2.99. The number of esters is 1. The molecule has 0 spiro atoms. The highest BCUT2D eigenvalue weighted by Gasteiger charge is 2.29. The second-order valence-corrected chi connectivity index (χ2v) is 10.3. The van der Waals surface area contributed by atoms with Crippen molar-refractivity contribution in [2.45, 2.75) is 6.16 Å². The third-order valence-corrected chi connectivity index (χ3v) is 8.31. The van der Waals surface area contributed by atoms with Crippen LogP contribution in [-0.2, 0) is 10.7 Å². The van der Waals surface area contributed by atoms with Gasteiger partial charge in [-0.3, -0.25) is 0 Å². The Kier molecular flexibility index (Phi) is 6.82. The van der Waals surface area contributed by atoms with Crippen LogP contribution in [0.4, 0.5) is 5.69 Å². The highest BCUT2D eigenvalue weighted by molar-refractivity contribution is 7.78. The van der Waals surface area contributed by atoms with Gasteiger partial charge in [-0.1, -0.05) is 84.9 Å². The number of benzene rings is 4. The van der Waals surface area contributed by atoms with Gasteiger partial charge < -0.3 is 14.5 Å². The van der Waals surface area contributed by atoms with E-state index in [0.717, 1.165) is 0 Å². The lowest BCUT2D eigenvalue weighted by atomic mass is 10.2. The minimum atomic E-state index is -3.08. The van der Waals surface area contributed by atoms with Crippen molar-refractivity contribution in [1.82, 2.24) is 0 Å². The minimum absolute atomic E-state index is 0.00427. The molecule has 6 nitrogen and oxygen atoms in total. The third kappa shape index (κ3) is 5.11. The van der Waals surface area contributed by atoms with Gasteiger partial charge in [0.1, 0.15) is 12.9 Å². The monoisotopic (exact) mass is 459 g/mol. The van der Waals surface area contributed by atoms with Gasteiger partial charge in [-0.2, -0.15) is 5.23 Å². The van der Waals surface area contributed by atoms with Crippen LogP contribution >= 0.6 is 7.14 Å². The van der Waals surface area contributed by atoms with Gasteiger partial charge in [-0.15, -0.1) is 0 Å². The van der Waals surface area contributed by atoms with Gasteiger partial charge in [0, 0.05) is 34.5 Å². The van der Waals surface area contributed by atoms with Gasteiger partial charge in [0.05, 0.1) is 5.56 Å². The number of carbonyl (C=O) groups is 1. The molecule has 166 valence electrons. The highest BCUT2D eigenvalue weighted by Crippen LogP contribution is 2.48. The van der Waals surface area contributed by atoms with E-state index in [2.05, 4.69) is 0 Å². The molecule has 7 heteroatoms. The SMILES string of the molecule is O=C(Oc1ccccc1CP(=O)(c1ccccc1)c1ccccc1)c1cccc([NH+]([O-])O)c1. The van der Waals surface area contributed by atoms with Crippen LogP contribution in [0.5, 0.6) is 5.75 Å². The number of nitrogens with one attached hydrogen (secondary N) is 1. The largest absolute Gasteiger partial charge is 0.595 e. The number of rotatable bonds is 7. The molecule has 4 rings (SSSR count). The molecular formula is C26H22NO5P. The molecular weight excluding hydrogens is 437 g/mol. The van der Waals surface area contributed by atoms with Gasteiger partial charge in [0.15, 0.2) is 5.69 Å². The Balaban J connectivity index is 1.68. The summed E-state index contributed by atoms with van der Waals surface area (Å²) in [4.78, 5) is 12.8. The third-order valence-electron chi connectivity index (χ3n) is 5.26. The molecule has 0 amide bonds. The van der Waals surface area contributed by atoms with Crippen molar-refractivity contribution in [2.75, 3.05) is 0 Å². The molecule has 1 unspecified atom stereocenters. The Bertz CT molecular complexity index is 1250. The topological polar surface area (TPSA) is 91.1 Å². The fraction of sp³-hybridized carbons (Fsp3) is 0.0385. The number of hydrogen-bond acceptors (Lipinski definition) is 5. The van der Waals surface area contributed by atoms with Crippen LogP contribution in [0.25, 0.3) is 0 Å². The molecule has 0 saturated heterocycles. The summed E-state index contributed by atoms with van der Waals surface area (Å²) in [5.41, 5.74) is 0.741. The average Bonchev–Trinajstić information content (AvgIpc) is 2.86. The van der Waals surface area contributed by atoms with Crippen molar-refractivity contribution in [3.05, 3.63) is 126 Å². The molecule has 0 radical (unpaired) electrons. The maximum Gasteiger partial charge on any atom is 0.343 e. The molecule has 33 heavy (non-hydrogen) atoms. The fourth-order valence-corrected chi connectivity index (χ4v) is 6.29. The molecule has 1 atom stereocenters. The predicted octanol–water partition coefficient (Wildman–Crippen LogP) is 3.82. The molecule has 0 fully saturated rings. The fourth-order valence-electron chi connectivity index (χ4n) is 3.58. The van der Waals surface area contributed by atoms with Crippen LogP contribution in [-0.4, -0.2) is 11.2 Å². The van der Waals surface area contributed by atoms with E-state index in [-0.39, 0.29) is 23.2 Å². The summed E-state index contributed by atoms with van der Waals surface area (Å²) in [7, 11) is -3.08. The van der Waals surface area contributed by atoms with E-state index in [1.54, 1.807) is 24.3 Å². The van der Waals surface area contributed by atoms with Crippen LogP contribution in [0.3, 0.4) is 0 Å². The molecule has 0 heterocycles. The first-order chi connectivity index (χ1) is 16.0. The zero-order valence-corrected chi connectivity index (χ0v) is 18.5. The number of hydrogen-bond donors (Lipinski definition) is 2. The molecule has 0 bridgehead atoms. The van der Waals surface area contributed by atoms with Crippen LogP contribution in [0.1, 0.15) is 15.9 Å². The Hall–Kier alpha value is -3.54. The maximum absolute atomic E-state index is 14.4. The lowest BCUT2D eigenvalue weighted by molar-refractivity contribution is -0.991. The predicted molar refractivity (Wildman–Crippen MR) is 127 cm³/mol. The highest BCUT2D eigenvalue weighted by atomic mass is 31.2. The van der Waals surface area contributed by atoms with Crippen molar-refractivity contribution >= 4 is 29.4 Å². The normalized spacial score (nSPS) is 12.2. The number of carbonyl (C=O) groups excluding carboxylic acids is 1. The maximum atomic E-state index is 14.4. The first-order valence-corrected chi connectivity index (χ1v) is 12.2. The van der Waals surface area contributed by atoms with Crippen molar-refractivity contribution in [3.63, 3.8) is 0 Å². The van der Waals surface area contributed by atoms with Gasteiger partial charge in [-0.05, 0) is 12.1 Å². The van der Waals surface area contributed by atoms with E-state index in [1.807, 2.05) is 60.7 Å². The summed E-state index contributed by atoms with van der Waals surface area (Å²) >= 11 is 0. The van der Waals surface area contributed by atoms with Gasteiger partial charge in [0.2, 0.25) is 0 Å². The van der Waals surface area contributed by atoms with E-state index in [4.69, 9.17) is 4.74 Å². The van der Waals surface area contributed by atoms with E-state index in [0.29, 0.717) is 16.2 Å². The average molecular weight is 459 g/mol. The van der Waals surface area contributed by atoms with Crippen LogP contribution in [0.15, 0.2) is 109 Å². The van der Waals surface area contributed by atoms with E-state index in [9.17, 15) is 19.8 Å². The lowest BCUT2D eigenvalue weighted by Gasteiger charge is -2.21. The van der Waals surface area contributed by atoms with Crippen molar-refractivity contribution < 1.29 is 24.5 Å². The van der Waals surface area contributed by atoms with Gasteiger partial charge in [0.25, 0.3) is 0 Å². The summed E-state index contributed by atoms with van der Waals surface area (Å²) in [6, 6.07) is 31.2. The van der Waals surface area contributed by atoms with Crippen LogP contribution in [0, 0.1) is 5.21 Å². The first kappa shape index (κ1) is 22.6. The zero-order valence-electron chi connectivity index (χ0n) is 17.6. The van der Waals surface area contributed by atoms with E-state index < -0.39 is 18.3 Å². The zero-order chi connectivity index (χ0) is 23.3. The molecule has 2 N–H and O–H groups in total. The smallest absolute Gasteiger partial charge is 0.343 e. The van der Waals surface area contributed by atoms with Gasteiger partial charge in [-0.25, -0.2) is 10.0 Å². The summed E-state index contributed by atoms with van der Waals surface area (Å²) < 4.78 is 20.0. The standard InChI is InChI=1S/C26H22NO5P/c28-26(20-11-9-12-22(18-20)27(29)30)32-25-17-8-7-10-21(25)19-33(31,23-13-3-1-4-14-23)24-15-5-2-6-16-24/h1-18,27,29H,19H2. The summed E-state index contributed by atoms with van der Waals surface area (Å²) in [5, 5.41) is 20.7. The Morgan fingerprint density at radius 2 is 1.39 bits per heavy atom. The van der Waals surface area contributed by atoms with E-state index >= 15 is 0 Å². The second kappa shape index (κ2) is 9.94. The Morgan fingerprint density at radius 3 is 2.00 bits per heavy atom. The van der Waals surface area contributed by atoms with Crippen LogP contribution < -0.4 is 20.6 Å². The number of ether oxygens (including phenoxy) is 1. The minimum Gasteiger partial charge on any atom is -0.595 e. The van der Waals surface area contributed by atoms with Gasteiger partial charge >= 0.3 is 5.97 Å². The molecule has 0 aliphatic heterocycles. The second-order valence-electron chi connectivity index (χ2n) is 7.45. The molecule has 4 aromatic rings. The summed E-state index contributed by atoms with van der Waals surface area (Å²) in [5.74, 6) is -0.393. The first-order valence-electron chi connectivity index (χ1n) is 10.3. The van der Waals surface area contributed by atoms with E-state index in [1.165, 1.54) is 24.3 Å². The molecule has 0 saturated carbocycles.